The second-order valence-corrected chi connectivity index (χ2v) is 4.01. The molecule has 1 N–H and O–H groups in total. The summed E-state index contributed by atoms with van der Waals surface area (Å²) in [4.78, 5) is 0. The second-order valence-electron chi connectivity index (χ2n) is 2.86. The molecule has 0 aromatic carbocycles. The molecule has 11 heavy (non-hydrogen) atoms. The van der Waals surface area contributed by atoms with E-state index in [0.717, 1.165) is 18.4 Å². The SMILES string of the molecule is COCCSC[C@H]1CCCN1. The van der Waals surface area contributed by atoms with Crippen LogP contribution in [0.4, 0.5) is 0 Å². The maximum atomic E-state index is 4.97. The third-order valence-electron chi connectivity index (χ3n) is 1.91. The highest BCUT2D eigenvalue weighted by Gasteiger charge is 2.12. The Kier molecular flexibility index (Phi) is 4.99. The summed E-state index contributed by atoms with van der Waals surface area (Å²) in [5, 5.41) is 3.47. The Morgan fingerprint density at radius 1 is 1.64 bits per heavy atom. The van der Waals surface area contributed by atoms with Gasteiger partial charge in [0.2, 0.25) is 0 Å². The smallest absolute Gasteiger partial charge is 0.0552 e. The second kappa shape index (κ2) is 5.86. The Hall–Kier alpha value is 0.270. The Morgan fingerprint density at radius 3 is 3.18 bits per heavy atom. The molecule has 0 aromatic heterocycles. The number of rotatable bonds is 5. The lowest BCUT2D eigenvalue weighted by atomic mass is 10.3. The summed E-state index contributed by atoms with van der Waals surface area (Å²) < 4.78 is 4.97. The van der Waals surface area contributed by atoms with Gasteiger partial charge in [-0.25, -0.2) is 0 Å². The van der Waals surface area contributed by atoms with Crippen molar-refractivity contribution < 1.29 is 4.74 Å². The van der Waals surface area contributed by atoms with Gasteiger partial charge < -0.3 is 10.1 Å². The van der Waals surface area contributed by atoms with Crippen LogP contribution < -0.4 is 5.32 Å². The topological polar surface area (TPSA) is 21.3 Å². The fourth-order valence-electron chi connectivity index (χ4n) is 1.27. The van der Waals surface area contributed by atoms with E-state index in [2.05, 4.69) is 5.32 Å². The zero-order valence-electron chi connectivity index (χ0n) is 7.14. The normalized spacial score (nSPS) is 24.3. The number of methoxy groups -OCH3 is 1. The van der Waals surface area contributed by atoms with Gasteiger partial charge in [0.1, 0.15) is 0 Å². The molecule has 1 atom stereocenters. The van der Waals surface area contributed by atoms with Crippen LogP contribution in [-0.2, 0) is 4.74 Å². The summed E-state index contributed by atoms with van der Waals surface area (Å²) >= 11 is 1.99. The van der Waals surface area contributed by atoms with E-state index in [9.17, 15) is 0 Å². The van der Waals surface area contributed by atoms with Crippen molar-refractivity contribution in [2.24, 2.45) is 0 Å². The maximum Gasteiger partial charge on any atom is 0.0552 e. The van der Waals surface area contributed by atoms with Gasteiger partial charge in [0.25, 0.3) is 0 Å². The fourth-order valence-corrected chi connectivity index (χ4v) is 2.29. The third kappa shape index (κ3) is 3.99. The molecule has 1 heterocycles. The number of thioether (sulfide) groups is 1. The van der Waals surface area contributed by atoms with Crippen molar-refractivity contribution in [3.05, 3.63) is 0 Å². The summed E-state index contributed by atoms with van der Waals surface area (Å²) in [6.45, 7) is 2.10. The molecule has 0 bridgehead atoms. The van der Waals surface area contributed by atoms with E-state index in [1.54, 1.807) is 7.11 Å². The predicted octanol–water partition coefficient (Wildman–Crippen LogP) is 1.12. The maximum absolute atomic E-state index is 4.97. The molecule has 0 spiro atoms. The average Bonchev–Trinajstić information content (AvgIpc) is 2.50. The zero-order valence-corrected chi connectivity index (χ0v) is 7.95. The van der Waals surface area contributed by atoms with Crippen molar-refractivity contribution in [1.29, 1.82) is 0 Å². The summed E-state index contributed by atoms with van der Waals surface area (Å²) in [6.07, 6.45) is 2.72. The van der Waals surface area contributed by atoms with E-state index >= 15 is 0 Å². The van der Waals surface area contributed by atoms with Crippen molar-refractivity contribution in [1.82, 2.24) is 5.32 Å². The molecule has 1 saturated heterocycles. The number of hydrogen-bond acceptors (Lipinski definition) is 3. The molecular formula is C8H17NOS. The van der Waals surface area contributed by atoms with Gasteiger partial charge in [0, 0.05) is 24.7 Å². The van der Waals surface area contributed by atoms with Gasteiger partial charge in [0.05, 0.1) is 6.61 Å². The minimum Gasteiger partial charge on any atom is -0.384 e. The van der Waals surface area contributed by atoms with Crippen LogP contribution in [0, 0.1) is 0 Å². The quantitative estimate of drug-likeness (QED) is 0.633. The lowest BCUT2D eigenvalue weighted by Gasteiger charge is -2.08. The van der Waals surface area contributed by atoms with Crippen LogP contribution in [0.15, 0.2) is 0 Å². The Labute approximate surface area is 73.1 Å². The standard InChI is InChI=1S/C8H17NOS/c1-10-5-6-11-7-8-3-2-4-9-8/h8-9H,2-7H2,1H3/t8-/m1/s1. The van der Waals surface area contributed by atoms with E-state index in [-0.39, 0.29) is 0 Å². The molecule has 1 aliphatic rings. The molecule has 1 rings (SSSR count). The third-order valence-corrected chi connectivity index (χ3v) is 3.01. The Bertz CT molecular complexity index is 94.1. The minimum atomic E-state index is 0.775. The fraction of sp³-hybridized carbons (Fsp3) is 1.00. The minimum absolute atomic E-state index is 0.775. The number of ether oxygens (including phenoxy) is 1. The number of nitrogens with one attached hydrogen (secondary N) is 1. The van der Waals surface area contributed by atoms with Crippen LogP contribution in [0.1, 0.15) is 12.8 Å². The van der Waals surface area contributed by atoms with E-state index in [1.165, 1.54) is 25.1 Å². The molecule has 2 nitrogen and oxygen atoms in total. The van der Waals surface area contributed by atoms with Crippen LogP contribution in [0.5, 0.6) is 0 Å². The Balaban J connectivity index is 1.86. The van der Waals surface area contributed by atoms with Crippen LogP contribution in [0.2, 0.25) is 0 Å². The van der Waals surface area contributed by atoms with Gasteiger partial charge >= 0.3 is 0 Å². The van der Waals surface area contributed by atoms with E-state index in [4.69, 9.17) is 4.74 Å². The first-order valence-corrected chi connectivity index (χ1v) is 5.39. The first-order valence-electron chi connectivity index (χ1n) is 4.23. The lowest BCUT2D eigenvalue weighted by Crippen LogP contribution is -2.23. The molecule has 0 saturated carbocycles. The molecule has 0 aliphatic carbocycles. The van der Waals surface area contributed by atoms with Crippen molar-refractivity contribution in [2.75, 3.05) is 31.8 Å². The van der Waals surface area contributed by atoms with Gasteiger partial charge in [0.15, 0.2) is 0 Å². The van der Waals surface area contributed by atoms with Gasteiger partial charge in [-0.15, -0.1) is 0 Å². The molecule has 0 unspecified atom stereocenters. The summed E-state index contributed by atoms with van der Waals surface area (Å²) in [7, 11) is 1.76. The summed E-state index contributed by atoms with van der Waals surface area (Å²) in [6, 6.07) is 0.775. The van der Waals surface area contributed by atoms with Gasteiger partial charge in [-0.05, 0) is 19.4 Å². The molecule has 1 fully saturated rings. The van der Waals surface area contributed by atoms with Crippen LogP contribution in [0.25, 0.3) is 0 Å². The van der Waals surface area contributed by atoms with Crippen molar-refractivity contribution in [3.63, 3.8) is 0 Å². The van der Waals surface area contributed by atoms with E-state index in [0.29, 0.717) is 0 Å². The predicted molar refractivity (Wildman–Crippen MR) is 50.2 cm³/mol. The lowest BCUT2D eigenvalue weighted by molar-refractivity contribution is 0.218. The van der Waals surface area contributed by atoms with Gasteiger partial charge in [-0.2, -0.15) is 11.8 Å². The van der Waals surface area contributed by atoms with Crippen LogP contribution in [0.3, 0.4) is 0 Å². The molecule has 0 amide bonds. The molecule has 0 aromatic rings. The van der Waals surface area contributed by atoms with Crippen molar-refractivity contribution in [3.8, 4) is 0 Å². The molecular weight excluding hydrogens is 158 g/mol. The molecule has 0 radical (unpaired) electrons. The van der Waals surface area contributed by atoms with Crippen LogP contribution in [-0.4, -0.2) is 37.8 Å². The highest BCUT2D eigenvalue weighted by atomic mass is 32.2. The molecule has 3 heteroatoms. The number of hydrogen-bond donors (Lipinski definition) is 1. The summed E-state index contributed by atoms with van der Waals surface area (Å²) in [5.74, 6) is 2.39. The van der Waals surface area contributed by atoms with Crippen LogP contribution >= 0.6 is 11.8 Å². The largest absolute Gasteiger partial charge is 0.384 e. The average molecular weight is 175 g/mol. The highest BCUT2D eigenvalue weighted by Crippen LogP contribution is 2.11. The monoisotopic (exact) mass is 175 g/mol. The highest BCUT2D eigenvalue weighted by molar-refractivity contribution is 7.99. The van der Waals surface area contributed by atoms with Crippen molar-refractivity contribution >= 4 is 11.8 Å². The zero-order chi connectivity index (χ0) is 7.94. The van der Waals surface area contributed by atoms with Gasteiger partial charge in [-0.3, -0.25) is 0 Å². The first-order chi connectivity index (χ1) is 5.43. The molecule has 1 aliphatic heterocycles. The van der Waals surface area contributed by atoms with Crippen molar-refractivity contribution in [2.45, 2.75) is 18.9 Å². The summed E-state index contributed by atoms with van der Waals surface area (Å²) in [5.41, 5.74) is 0. The van der Waals surface area contributed by atoms with E-state index < -0.39 is 0 Å². The Morgan fingerprint density at radius 2 is 2.55 bits per heavy atom. The molecule has 66 valence electrons. The van der Waals surface area contributed by atoms with Gasteiger partial charge in [-0.1, -0.05) is 0 Å². The first kappa shape index (κ1) is 9.36. The van der Waals surface area contributed by atoms with E-state index in [1.807, 2.05) is 11.8 Å².